The molecular formula is C21H18ClFN2O5S. The lowest BCUT2D eigenvalue weighted by Crippen LogP contribution is -2.19. The number of para-hydroxylation sites is 1. The van der Waals surface area contributed by atoms with E-state index in [1.54, 1.807) is 30.3 Å². The predicted octanol–water partition coefficient (Wildman–Crippen LogP) is 4.55. The first-order valence-corrected chi connectivity index (χ1v) is 10.7. The molecule has 10 heteroatoms. The van der Waals surface area contributed by atoms with Crippen molar-refractivity contribution >= 4 is 38.9 Å². The highest BCUT2D eigenvalue weighted by atomic mass is 35.5. The molecule has 2 N–H and O–H groups in total. The van der Waals surface area contributed by atoms with Gasteiger partial charge in [-0.15, -0.1) is 0 Å². The normalized spacial score (nSPS) is 11.0. The van der Waals surface area contributed by atoms with Gasteiger partial charge >= 0.3 is 0 Å². The van der Waals surface area contributed by atoms with Crippen LogP contribution in [-0.4, -0.2) is 28.5 Å². The molecular weight excluding hydrogens is 447 g/mol. The van der Waals surface area contributed by atoms with Crippen molar-refractivity contribution in [3.05, 3.63) is 77.1 Å². The Hall–Kier alpha value is -3.30. The molecule has 0 aromatic heterocycles. The largest absolute Gasteiger partial charge is 0.497 e. The van der Waals surface area contributed by atoms with Gasteiger partial charge in [-0.3, -0.25) is 9.52 Å². The fraction of sp³-hybridized carbons (Fsp3) is 0.0952. The lowest BCUT2D eigenvalue weighted by molar-refractivity contribution is 0.102. The van der Waals surface area contributed by atoms with Gasteiger partial charge in [-0.05, 0) is 42.5 Å². The van der Waals surface area contributed by atoms with E-state index in [2.05, 4.69) is 10.0 Å². The topological polar surface area (TPSA) is 93.7 Å². The van der Waals surface area contributed by atoms with Crippen LogP contribution in [0.2, 0.25) is 5.02 Å². The Kier molecular flexibility index (Phi) is 6.67. The fourth-order valence-electron chi connectivity index (χ4n) is 2.71. The summed E-state index contributed by atoms with van der Waals surface area (Å²) < 4.78 is 51.5. The number of carbonyl (C=O) groups is 1. The second kappa shape index (κ2) is 9.23. The van der Waals surface area contributed by atoms with Gasteiger partial charge in [0.15, 0.2) is 0 Å². The number of hydrogen-bond acceptors (Lipinski definition) is 5. The van der Waals surface area contributed by atoms with Crippen LogP contribution < -0.4 is 19.5 Å². The van der Waals surface area contributed by atoms with Crippen molar-refractivity contribution in [3.8, 4) is 11.5 Å². The van der Waals surface area contributed by atoms with Crippen molar-refractivity contribution in [2.24, 2.45) is 0 Å². The predicted molar refractivity (Wildman–Crippen MR) is 116 cm³/mol. The van der Waals surface area contributed by atoms with Crippen LogP contribution >= 0.6 is 11.6 Å². The zero-order valence-electron chi connectivity index (χ0n) is 16.5. The summed E-state index contributed by atoms with van der Waals surface area (Å²) in [4.78, 5) is 12.6. The highest BCUT2D eigenvalue weighted by Gasteiger charge is 2.20. The number of halogens is 2. The summed E-state index contributed by atoms with van der Waals surface area (Å²) in [6.45, 7) is 0. The standard InChI is InChI=1S/C21H18ClFN2O5S/c1-29-13-7-10-19(20(11-13)30-2)24-21(26)15-5-3-4-6-18(15)25-31(27,28)14-8-9-17(23)16(22)12-14/h3-12,25H,1-2H3,(H,24,26). The van der Waals surface area contributed by atoms with Crippen LogP contribution in [0.4, 0.5) is 15.8 Å². The second-order valence-corrected chi connectivity index (χ2v) is 8.34. The Morgan fingerprint density at radius 2 is 1.71 bits per heavy atom. The molecule has 0 saturated carbocycles. The highest BCUT2D eigenvalue weighted by molar-refractivity contribution is 7.92. The van der Waals surface area contributed by atoms with Gasteiger partial charge in [-0.1, -0.05) is 23.7 Å². The van der Waals surface area contributed by atoms with Crippen LogP contribution in [0.3, 0.4) is 0 Å². The van der Waals surface area contributed by atoms with Gasteiger partial charge in [0.05, 0.1) is 41.1 Å². The molecule has 0 saturated heterocycles. The van der Waals surface area contributed by atoms with Crippen LogP contribution in [0.15, 0.2) is 65.6 Å². The van der Waals surface area contributed by atoms with Gasteiger partial charge in [0.1, 0.15) is 17.3 Å². The minimum Gasteiger partial charge on any atom is -0.497 e. The lowest BCUT2D eigenvalue weighted by atomic mass is 10.1. The summed E-state index contributed by atoms with van der Waals surface area (Å²) in [5, 5.41) is 2.35. The number of amides is 1. The molecule has 3 aromatic carbocycles. The van der Waals surface area contributed by atoms with Gasteiger partial charge in [-0.25, -0.2) is 12.8 Å². The summed E-state index contributed by atoms with van der Waals surface area (Å²) in [6.07, 6.45) is 0. The van der Waals surface area contributed by atoms with Crippen LogP contribution in [0.5, 0.6) is 11.5 Å². The van der Waals surface area contributed by atoms with Crippen molar-refractivity contribution in [1.29, 1.82) is 0 Å². The fourth-order valence-corrected chi connectivity index (χ4v) is 4.06. The first kappa shape index (κ1) is 22.4. The van der Waals surface area contributed by atoms with Gasteiger partial charge in [0, 0.05) is 6.07 Å². The molecule has 7 nitrogen and oxygen atoms in total. The van der Waals surface area contributed by atoms with E-state index in [0.717, 1.165) is 18.2 Å². The smallest absolute Gasteiger partial charge is 0.261 e. The SMILES string of the molecule is COc1ccc(NC(=O)c2ccccc2NS(=O)(=O)c2ccc(F)c(Cl)c2)c(OC)c1. The zero-order valence-corrected chi connectivity index (χ0v) is 18.1. The van der Waals surface area contributed by atoms with E-state index in [0.29, 0.717) is 17.2 Å². The van der Waals surface area contributed by atoms with Gasteiger partial charge in [0.2, 0.25) is 0 Å². The van der Waals surface area contributed by atoms with E-state index in [1.165, 1.54) is 26.4 Å². The Morgan fingerprint density at radius 3 is 2.39 bits per heavy atom. The quantitative estimate of drug-likeness (QED) is 0.535. The third-order valence-electron chi connectivity index (χ3n) is 4.27. The Balaban J connectivity index is 1.90. The molecule has 0 atom stereocenters. The van der Waals surface area contributed by atoms with Gasteiger partial charge in [-0.2, -0.15) is 0 Å². The maximum atomic E-state index is 13.4. The van der Waals surface area contributed by atoms with Crippen molar-refractivity contribution in [1.82, 2.24) is 0 Å². The lowest BCUT2D eigenvalue weighted by Gasteiger charge is -2.15. The third-order valence-corrected chi connectivity index (χ3v) is 5.93. The molecule has 0 aliphatic rings. The minimum atomic E-state index is -4.13. The molecule has 0 unspecified atom stereocenters. The van der Waals surface area contributed by atoms with Crippen molar-refractivity contribution in [2.45, 2.75) is 4.90 Å². The zero-order chi connectivity index (χ0) is 22.6. The third kappa shape index (κ3) is 5.07. The van der Waals surface area contributed by atoms with Crippen molar-refractivity contribution in [3.63, 3.8) is 0 Å². The number of rotatable bonds is 7. The molecule has 0 radical (unpaired) electrons. The average molecular weight is 465 g/mol. The molecule has 162 valence electrons. The van der Waals surface area contributed by atoms with Crippen LogP contribution in [0.25, 0.3) is 0 Å². The summed E-state index contributed by atoms with van der Waals surface area (Å²) in [5.74, 6) is -0.402. The van der Waals surface area contributed by atoms with Gasteiger partial charge < -0.3 is 14.8 Å². The Morgan fingerprint density at radius 1 is 0.968 bits per heavy atom. The van der Waals surface area contributed by atoms with E-state index < -0.39 is 21.7 Å². The van der Waals surface area contributed by atoms with E-state index in [4.69, 9.17) is 21.1 Å². The Bertz CT molecular complexity index is 1230. The second-order valence-electron chi connectivity index (χ2n) is 6.25. The number of nitrogens with one attached hydrogen (secondary N) is 2. The number of benzene rings is 3. The molecule has 0 aliphatic carbocycles. The van der Waals surface area contributed by atoms with E-state index in [1.807, 2.05) is 0 Å². The van der Waals surface area contributed by atoms with Crippen molar-refractivity contribution in [2.75, 3.05) is 24.3 Å². The van der Waals surface area contributed by atoms with Crippen LogP contribution in [0, 0.1) is 5.82 Å². The number of methoxy groups -OCH3 is 2. The maximum absolute atomic E-state index is 13.4. The highest BCUT2D eigenvalue weighted by Crippen LogP contribution is 2.30. The summed E-state index contributed by atoms with van der Waals surface area (Å²) >= 11 is 5.69. The molecule has 31 heavy (non-hydrogen) atoms. The molecule has 1 amide bonds. The number of ether oxygens (including phenoxy) is 2. The van der Waals surface area contributed by atoms with E-state index in [-0.39, 0.29) is 21.2 Å². The molecule has 0 aliphatic heterocycles. The number of carbonyl (C=O) groups excluding carboxylic acids is 1. The first-order valence-electron chi connectivity index (χ1n) is 8.85. The summed E-state index contributed by atoms with van der Waals surface area (Å²) in [7, 11) is -1.18. The number of sulfonamides is 1. The molecule has 3 aromatic rings. The summed E-state index contributed by atoms with van der Waals surface area (Å²) in [5.41, 5.74) is 0.473. The summed E-state index contributed by atoms with van der Waals surface area (Å²) in [6, 6.07) is 13.9. The average Bonchev–Trinajstić information content (AvgIpc) is 2.75. The van der Waals surface area contributed by atoms with E-state index in [9.17, 15) is 17.6 Å². The molecule has 0 fully saturated rings. The van der Waals surface area contributed by atoms with Crippen LogP contribution in [0.1, 0.15) is 10.4 Å². The number of anilines is 2. The molecule has 0 bridgehead atoms. The molecule has 0 spiro atoms. The molecule has 3 rings (SSSR count). The van der Waals surface area contributed by atoms with E-state index >= 15 is 0 Å². The van der Waals surface area contributed by atoms with Gasteiger partial charge in [0.25, 0.3) is 15.9 Å². The van der Waals surface area contributed by atoms with Crippen molar-refractivity contribution < 1.29 is 27.1 Å². The minimum absolute atomic E-state index is 0.0351. The maximum Gasteiger partial charge on any atom is 0.261 e. The molecule has 0 heterocycles. The first-order chi connectivity index (χ1) is 14.7. The Labute approximate surface area is 183 Å². The number of hydrogen-bond donors (Lipinski definition) is 2. The van der Waals surface area contributed by atoms with Crippen LogP contribution in [-0.2, 0) is 10.0 Å². The monoisotopic (exact) mass is 464 g/mol.